The summed E-state index contributed by atoms with van der Waals surface area (Å²) in [7, 11) is -4.17. The van der Waals surface area contributed by atoms with Gasteiger partial charge in [0.05, 0.1) is 16.6 Å². The van der Waals surface area contributed by atoms with Crippen LogP contribution in [0.1, 0.15) is 41.5 Å². The lowest BCUT2D eigenvalue weighted by Crippen LogP contribution is -2.30. The first kappa shape index (κ1) is 22.8. The lowest BCUT2D eigenvalue weighted by Gasteiger charge is -2.09. The second kappa shape index (κ2) is 9.83. The summed E-state index contributed by atoms with van der Waals surface area (Å²) >= 11 is 0. The number of pyridine rings is 1. The molecule has 0 radical (unpaired) electrons. The van der Waals surface area contributed by atoms with Gasteiger partial charge in [0.2, 0.25) is 5.88 Å². The Morgan fingerprint density at radius 1 is 1.00 bits per heavy atom. The van der Waals surface area contributed by atoms with E-state index in [9.17, 15) is 22.8 Å². The molecule has 1 aromatic carbocycles. The highest BCUT2D eigenvalue weighted by Crippen LogP contribution is 2.13. The normalized spacial score (nSPS) is 10.9. The Bertz CT molecular complexity index is 1020. The Kier molecular flexibility index (Phi) is 7.48. The number of aromatic nitrogens is 1. The molecule has 2 rings (SSSR count). The Balaban J connectivity index is 2.05. The third-order valence-electron chi connectivity index (χ3n) is 3.51. The van der Waals surface area contributed by atoms with E-state index in [1.165, 1.54) is 36.4 Å². The molecule has 0 bridgehead atoms. The number of nitrogens with zero attached hydrogens (tertiary/aromatic N) is 1. The van der Waals surface area contributed by atoms with Gasteiger partial charge in [0.1, 0.15) is 0 Å². The van der Waals surface area contributed by atoms with Gasteiger partial charge in [0.25, 0.3) is 21.8 Å². The van der Waals surface area contributed by atoms with Crippen LogP contribution in [0.15, 0.2) is 47.5 Å². The zero-order chi connectivity index (χ0) is 22.3. The van der Waals surface area contributed by atoms with Gasteiger partial charge < -0.3 is 14.8 Å². The number of hydrogen-bond donors (Lipinski definition) is 2. The van der Waals surface area contributed by atoms with Crippen LogP contribution >= 0.6 is 0 Å². The van der Waals surface area contributed by atoms with Gasteiger partial charge in [-0.05, 0) is 51.1 Å². The lowest BCUT2D eigenvalue weighted by molar-refractivity contribution is 0.0715. The summed E-state index contributed by atoms with van der Waals surface area (Å²) in [5.74, 6) is -1.37. The number of hydrogen-bond acceptors (Lipinski definition) is 8. The van der Waals surface area contributed by atoms with Crippen LogP contribution in [0.2, 0.25) is 0 Å². The van der Waals surface area contributed by atoms with Gasteiger partial charge in [-0.3, -0.25) is 9.59 Å². The molecular weight excluding hydrogens is 414 g/mol. The Morgan fingerprint density at radius 3 is 2.17 bits per heavy atom. The van der Waals surface area contributed by atoms with Crippen molar-refractivity contribution in [2.24, 2.45) is 0 Å². The van der Waals surface area contributed by atoms with Gasteiger partial charge in [-0.1, -0.05) is 0 Å². The van der Waals surface area contributed by atoms with Crippen molar-refractivity contribution in [2.75, 3.05) is 6.54 Å². The van der Waals surface area contributed by atoms with Gasteiger partial charge in [-0.2, -0.15) is 0 Å². The standard InChI is InChI=1S/C19H21N3O7S/c1-4-20-17(23)13-5-8-15(9-6-13)30(26,27)22-18(24)14-7-10-16(21-11-14)29-19(25)28-12(2)3/h5-12H,4H2,1-3H3,(H,20,23)(H,22,24). The van der Waals surface area contributed by atoms with Crippen molar-refractivity contribution in [1.29, 1.82) is 0 Å². The first-order valence-electron chi connectivity index (χ1n) is 8.92. The summed E-state index contributed by atoms with van der Waals surface area (Å²) in [6.45, 7) is 5.49. The maximum Gasteiger partial charge on any atom is 0.515 e. The van der Waals surface area contributed by atoms with Crippen LogP contribution in [0, 0.1) is 0 Å². The Morgan fingerprint density at radius 2 is 1.63 bits per heavy atom. The minimum atomic E-state index is -4.17. The van der Waals surface area contributed by atoms with E-state index >= 15 is 0 Å². The number of benzene rings is 1. The van der Waals surface area contributed by atoms with Gasteiger partial charge >= 0.3 is 6.16 Å². The van der Waals surface area contributed by atoms with E-state index in [-0.39, 0.29) is 33.9 Å². The number of nitrogens with one attached hydrogen (secondary N) is 2. The molecule has 0 aliphatic heterocycles. The lowest BCUT2D eigenvalue weighted by atomic mass is 10.2. The molecular formula is C19H21N3O7S. The summed E-state index contributed by atoms with van der Waals surface area (Å²) in [5, 5.41) is 2.59. The topological polar surface area (TPSA) is 141 Å². The molecule has 0 saturated heterocycles. The summed E-state index contributed by atoms with van der Waals surface area (Å²) in [4.78, 5) is 39.0. The molecule has 160 valence electrons. The molecule has 30 heavy (non-hydrogen) atoms. The highest BCUT2D eigenvalue weighted by atomic mass is 32.2. The third-order valence-corrected chi connectivity index (χ3v) is 4.86. The van der Waals surface area contributed by atoms with Crippen molar-refractivity contribution >= 4 is 28.0 Å². The molecule has 0 atom stereocenters. The van der Waals surface area contributed by atoms with Gasteiger partial charge in [0.15, 0.2) is 0 Å². The Hall–Kier alpha value is -3.47. The van der Waals surface area contributed by atoms with Crippen LogP contribution in [-0.2, 0) is 14.8 Å². The van der Waals surface area contributed by atoms with Crippen LogP contribution in [0.5, 0.6) is 5.88 Å². The molecule has 0 unspecified atom stereocenters. The SMILES string of the molecule is CCNC(=O)c1ccc(S(=O)(=O)NC(=O)c2ccc(OC(=O)OC(C)C)nc2)cc1. The summed E-state index contributed by atoms with van der Waals surface area (Å²) in [5.41, 5.74) is 0.222. The van der Waals surface area contributed by atoms with Crippen LogP contribution in [0.3, 0.4) is 0 Å². The van der Waals surface area contributed by atoms with Crippen LogP contribution in [0.4, 0.5) is 4.79 Å². The van der Waals surface area contributed by atoms with Crippen molar-refractivity contribution in [1.82, 2.24) is 15.0 Å². The van der Waals surface area contributed by atoms with E-state index in [4.69, 9.17) is 9.47 Å². The first-order valence-corrected chi connectivity index (χ1v) is 10.4. The molecule has 2 N–H and O–H groups in total. The van der Waals surface area contributed by atoms with Crippen molar-refractivity contribution in [3.05, 3.63) is 53.7 Å². The number of ether oxygens (including phenoxy) is 2. The van der Waals surface area contributed by atoms with Gasteiger partial charge in [-0.15, -0.1) is 0 Å². The fourth-order valence-electron chi connectivity index (χ4n) is 2.16. The van der Waals surface area contributed by atoms with E-state index in [2.05, 4.69) is 10.3 Å². The monoisotopic (exact) mass is 435 g/mol. The zero-order valence-corrected chi connectivity index (χ0v) is 17.4. The molecule has 0 spiro atoms. The number of sulfonamides is 1. The van der Waals surface area contributed by atoms with Crippen LogP contribution in [0.25, 0.3) is 0 Å². The average molecular weight is 435 g/mol. The minimum Gasteiger partial charge on any atom is -0.431 e. The van der Waals surface area contributed by atoms with E-state index in [0.29, 0.717) is 6.54 Å². The molecule has 0 aliphatic carbocycles. The van der Waals surface area contributed by atoms with Crippen LogP contribution < -0.4 is 14.8 Å². The van der Waals surface area contributed by atoms with E-state index in [1.807, 2.05) is 4.72 Å². The Labute approximate surface area is 173 Å². The fourth-order valence-corrected chi connectivity index (χ4v) is 3.14. The molecule has 1 heterocycles. The van der Waals surface area contributed by atoms with Crippen LogP contribution in [-0.4, -0.2) is 44.0 Å². The fraction of sp³-hybridized carbons (Fsp3) is 0.263. The van der Waals surface area contributed by atoms with Crippen molar-refractivity contribution in [2.45, 2.75) is 31.8 Å². The number of carbonyl (C=O) groups excluding carboxylic acids is 3. The molecule has 2 amide bonds. The molecule has 11 heteroatoms. The maximum absolute atomic E-state index is 12.4. The quantitative estimate of drug-likeness (QED) is 0.628. The van der Waals surface area contributed by atoms with Crippen molar-refractivity contribution < 1.29 is 32.3 Å². The van der Waals surface area contributed by atoms with Gasteiger partial charge in [-0.25, -0.2) is 22.9 Å². The average Bonchev–Trinajstić information content (AvgIpc) is 2.67. The van der Waals surface area contributed by atoms with E-state index in [1.54, 1.807) is 20.8 Å². The molecule has 0 fully saturated rings. The summed E-state index contributed by atoms with van der Waals surface area (Å²) in [6, 6.07) is 7.59. The number of rotatable bonds is 7. The minimum absolute atomic E-state index is 0.0675. The number of carbonyl (C=O) groups is 3. The predicted molar refractivity (Wildman–Crippen MR) is 106 cm³/mol. The smallest absolute Gasteiger partial charge is 0.431 e. The molecule has 0 saturated carbocycles. The van der Waals surface area contributed by atoms with E-state index in [0.717, 1.165) is 6.20 Å². The predicted octanol–water partition coefficient (Wildman–Crippen LogP) is 1.87. The molecule has 2 aromatic rings. The second-order valence-electron chi connectivity index (χ2n) is 6.22. The second-order valence-corrected chi connectivity index (χ2v) is 7.90. The molecule has 1 aromatic heterocycles. The third kappa shape index (κ3) is 6.27. The highest BCUT2D eigenvalue weighted by Gasteiger charge is 2.20. The summed E-state index contributed by atoms with van der Waals surface area (Å²) in [6.07, 6.45) is -0.266. The molecule has 10 nitrogen and oxygen atoms in total. The van der Waals surface area contributed by atoms with Crippen molar-refractivity contribution in [3.8, 4) is 5.88 Å². The zero-order valence-electron chi connectivity index (χ0n) is 16.5. The maximum atomic E-state index is 12.4. The largest absolute Gasteiger partial charge is 0.515 e. The van der Waals surface area contributed by atoms with E-state index < -0.39 is 22.1 Å². The van der Waals surface area contributed by atoms with Crippen molar-refractivity contribution in [3.63, 3.8) is 0 Å². The number of amides is 2. The molecule has 0 aliphatic rings. The highest BCUT2D eigenvalue weighted by molar-refractivity contribution is 7.90. The first-order chi connectivity index (χ1) is 14.1. The summed E-state index contributed by atoms with van der Waals surface area (Å²) < 4.78 is 36.3. The van der Waals surface area contributed by atoms with Gasteiger partial charge in [0, 0.05) is 24.4 Å².